The fourth-order valence-electron chi connectivity index (χ4n) is 1.11. The van der Waals surface area contributed by atoms with Crippen molar-refractivity contribution >= 4 is 44.9 Å². The minimum atomic E-state index is 0. The van der Waals surface area contributed by atoms with E-state index >= 15 is 0 Å². The Balaban J connectivity index is 0.000000720. The van der Waals surface area contributed by atoms with Gasteiger partial charge in [-0.3, -0.25) is 0 Å². The highest BCUT2D eigenvalue weighted by Gasteiger charge is 1.98. The maximum Gasteiger partial charge on any atom is 0.0572 e. The lowest BCUT2D eigenvalue weighted by Crippen LogP contribution is -1.79. The minimum absolute atomic E-state index is 0. The van der Waals surface area contributed by atoms with Crippen LogP contribution in [0.4, 0.5) is 5.69 Å². The molecule has 0 unspecified atom stereocenters. The first-order chi connectivity index (χ1) is 5.27. The number of fused-ring (bicyclic) bond motifs is 1. The number of rotatable bonds is 0. The molecule has 0 bridgehead atoms. The van der Waals surface area contributed by atoms with Crippen LogP contribution in [0, 0.1) is 0 Å². The van der Waals surface area contributed by atoms with Gasteiger partial charge in [0.25, 0.3) is 0 Å². The van der Waals surface area contributed by atoms with E-state index in [4.69, 9.17) is 5.73 Å². The summed E-state index contributed by atoms with van der Waals surface area (Å²) in [6, 6.07) is 5.98. The summed E-state index contributed by atoms with van der Waals surface area (Å²) < 4.78 is 1.05. The van der Waals surface area contributed by atoms with E-state index < -0.39 is 0 Å². The van der Waals surface area contributed by atoms with E-state index in [0.29, 0.717) is 0 Å². The van der Waals surface area contributed by atoms with Crippen molar-refractivity contribution in [1.29, 1.82) is 0 Å². The van der Waals surface area contributed by atoms with Crippen molar-refractivity contribution in [2.45, 2.75) is 0 Å². The summed E-state index contributed by atoms with van der Waals surface area (Å²) in [6.07, 6.45) is 1.80. The van der Waals surface area contributed by atoms with E-state index in [1.807, 2.05) is 18.2 Å². The lowest BCUT2D eigenvalue weighted by atomic mass is 10.2. The zero-order valence-electron chi connectivity index (χ0n) is 6.17. The summed E-state index contributed by atoms with van der Waals surface area (Å²) >= 11 is 3.38. The van der Waals surface area contributed by atoms with E-state index in [9.17, 15) is 0 Å². The summed E-state index contributed by atoms with van der Waals surface area (Å²) in [5, 5.41) is 1.07. The Kier molecular flexibility index (Phi) is 2.65. The van der Waals surface area contributed by atoms with Crippen LogP contribution in [0.15, 0.2) is 28.9 Å². The van der Waals surface area contributed by atoms with Gasteiger partial charge in [-0.25, -0.2) is 0 Å². The maximum absolute atomic E-state index is 5.69. The second-order valence-electron chi connectivity index (χ2n) is 2.43. The standard InChI is InChI=1S/C8H7BrN2.ClH/c9-5-1-2-8-6(3-5)7(10)4-11-8;/h1-4,11H,10H2;1H. The SMILES string of the molecule is Cl.Nc1c[nH]c2ccc(Br)cc12. The monoisotopic (exact) mass is 246 g/mol. The fraction of sp³-hybridized carbons (Fsp3) is 0. The van der Waals surface area contributed by atoms with Crippen LogP contribution in [-0.2, 0) is 0 Å². The van der Waals surface area contributed by atoms with Gasteiger partial charge in [-0.15, -0.1) is 12.4 Å². The highest BCUT2D eigenvalue weighted by atomic mass is 79.9. The van der Waals surface area contributed by atoms with E-state index in [0.717, 1.165) is 21.1 Å². The van der Waals surface area contributed by atoms with Crippen LogP contribution in [0.25, 0.3) is 10.9 Å². The van der Waals surface area contributed by atoms with Crippen molar-refractivity contribution in [1.82, 2.24) is 4.98 Å². The maximum atomic E-state index is 5.69. The van der Waals surface area contributed by atoms with Crippen molar-refractivity contribution in [2.75, 3.05) is 5.73 Å². The molecule has 4 heteroatoms. The number of hydrogen-bond donors (Lipinski definition) is 2. The molecule has 1 aromatic heterocycles. The third-order valence-corrected chi connectivity index (χ3v) is 2.17. The molecule has 12 heavy (non-hydrogen) atoms. The van der Waals surface area contributed by atoms with E-state index in [-0.39, 0.29) is 12.4 Å². The molecule has 2 nitrogen and oxygen atoms in total. The number of nitrogens with one attached hydrogen (secondary N) is 1. The van der Waals surface area contributed by atoms with Gasteiger partial charge in [0, 0.05) is 21.6 Å². The van der Waals surface area contributed by atoms with Crippen LogP contribution < -0.4 is 5.73 Å². The van der Waals surface area contributed by atoms with Crippen molar-refractivity contribution in [3.63, 3.8) is 0 Å². The van der Waals surface area contributed by atoms with Gasteiger partial charge in [0.05, 0.1) is 5.69 Å². The van der Waals surface area contributed by atoms with Crippen LogP contribution in [0.3, 0.4) is 0 Å². The van der Waals surface area contributed by atoms with Gasteiger partial charge in [0.1, 0.15) is 0 Å². The molecule has 1 aromatic carbocycles. The number of aromatic nitrogens is 1. The van der Waals surface area contributed by atoms with Crippen LogP contribution in [0.5, 0.6) is 0 Å². The van der Waals surface area contributed by atoms with E-state index in [1.165, 1.54) is 0 Å². The summed E-state index contributed by atoms with van der Waals surface area (Å²) in [7, 11) is 0. The molecule has 0 saturated heterocycles. The topological polar surface area (TPSA) is 41.8 Å². The van der Waals surface area contributed by atoms with Crippen molar-refractivity contribution < 1.29 is 0 Å². The van der Waals surface area contributed by atoms with Gasteiger partial charge < -0.3 is 10.7 Å². The van der Waals surface area contributed by atoms with E-state index in [2.05, 4.69) is 20.9 Å². The molecule has 64 valence electrons. The summed E-state index contributed by atoms with van der Waals surface area (Å²) in [6.45, 7) is 0. The Hall–Kier alpha value is -0.670. The van der Waals surface area contributed by atoms with Crippen molar-refractivity contribution in [3.05, 3.63) is 28.9 Å². The van der Waals surface area contributed by atoms with Gasteiger partial charge >= 0.3 is 0 Å². The molecular weight excluding hydrogens is 239 g/mol. The Labute approximate surface area is 84.7 Å². The quantitative estimate of drug-likeness (QED) is 0.738. The molecule has 1 heterocycles. The normalized spacial score (nSPS) is 9.75. The molecule has 0 aliphatic rings. The molecule has 2 aromatic rings. The predicted molar refractivity (Wildman–Crippen MR) is 57.7 cm³/mol. The molecule has 0 fully saturated rings. The zero-order chi connectivity index (χ0) is 7.84. The number of nitrogen functional groups attached to an aromatic ring is 1. The second-order valence-corrected chi connectivity index (χ2v) is 3.35. The molecule has 0 aliphatic heterocycles. The van der Waals surface area contributed by atoms with Crippen molar-refractivity contribution in [3.8, 4) is 0 Å². The first kappa shape index (κ1) is 9.42. The number of hydrogen-bond acceptors (Lipinski definition) is 1. The zero-order valence-corrected chi connectivity index (χ0v) is 8.58. The largest absolute Gasteiger partial charge is 0.397 e. The third-order valence-electron chi connectivity index (χ3n) is 1.68. The Bertz CT molecular complexity index is 397. The lowest BCUT2D eigenvalue weighted by molar-refractivity contribution is 1.47. The molecule has 0 aliphatic carbocycles. The Morgan fingerprint density at radius 2 is 2.08 bits per heavy atom. The van der Waals surface area contributed by atoms with Crippen LogP contribution >= 0.6 is 28.3 Å². The summed E-state index contributed by atoms with van der Waals surface area (Å²) in [4.78, 5) is 3.07. The van der Waals surface area contributed by atoms with Gasteiger partial charge in [0.2, 0.25) is 0 Å². The molecule has 0 atom stereocenters. The predicted octanol–water partition coefficient (Wildman–Crippen LogP) is 2.93. The molecule has 0 radical (unpaired) electrons. The smallest absolute Gasteiger partial charge is 0.0572 e. The van der Waals surface area contributed by atoms with Gasteiger partial charge in [-0.05, 0) is 18.2 Å². The average molecular weight is 248 g/mol. The number of H-pyrrole nitrogens is 1. The minimum Gasteiger partial charge on any atom is -0.397 e. The Morgan fingerprint density at radius 3 is 2.83 bits per heavy atom. The molecule has 0 spiro atoms. The number of nitrogens with two attached hydrogens (primary N) is 1. The van der Waals surface area contributed by atoms with Gasteiger partial charge in [-0.2, -0.15) is 0 Å². The van der Waals surface area contributed by atoms with Crippen LogP contribution in [0.2, 0.25) is 0 Å². The first-order valence-electron chi connectivity index (χ1n) is 3.29. The number of anilines is 1. The van der Waals surface area contributed by atoms with Gasteiger partial charge in [-0.1, -0.05) is 15.9 Å². The van der Waals surface area contributed by atoms with Gasteiger partial charge in [0.15, 0.2) is 0 Å². The van der Waals surface area contributed by atoms with Crippen LogP contribution in [0.1, 0.15) is 0 Å². The van der Waals surface area contributed by atoms with Crippen LogP contribution in [-0.4, -0.2) is 4.98 Å². The summed E-state index contributed by atoms with van der Waals surface area (Å²) in [5.74, 6) is 0. The van der Waals surface area contributed by atoms with Crippen molar-refractivity contribution in [2.24, 2.45) is 0 Å². The Morgan fingerprint density at radius 1 is 1.33 bits per heavy atom. The highest BCUT2D eigenvalue weighted by Crippen LogP contribution is 2.23. The molecule has 0 amide bonds. The average Bonchev–Trinajstić information content (AvgIpc) is 2.33. The molecule has 3 N–H and O–H groups in total. The number of benzene rings is 1. The fourth-order valence-corrected chi connectivity index (χ4v) is 1.48. The molecule has 0 saturated carbocycles. The lowest BCUT2D eigenvalue weighted by Gasteiger charge is -1.91. The summed E-state index contributed by atoms with van der Waals surface area (Å²) in [5.41, 5.74) is 7.56. The molecular formula is C8H8BrClN2. The number of halogens is 2. The van der Waals surface area contributed by atoms with E-state index in [1.54, 1.807) is 6.20 Å². The third kappa shape index (κ3) is 1.42. The highest BCUT2D eigenvalue weighted by molar-refractivity contribution is 9.10. The molecule has 2 rings (SSSR count). The second kappa shape index (κ2) is 3.37. The first-order valence-corrected chi connectivity index (χ1v) is 4.09. The number of aromatic amines is 1.